The first-order chi connectivity index (χ1) is 9.85. The van der Waals surface area contributed by atoms with E-state index in [-0.39, 0.29) is 23.4 Å². The van der Waals surface area contributed by atoms with Crippen molar-refractivity contribution in [2.24, 2.45) is 0 Å². The molecule has 7 heteroatoms. The van der Waals surface area contributed by atoms with Crippen LogP contribution in [0.2, 0.25) is 5.02 Å². The molecule has 114 valence electrons. The van der Waals surface area contributed by atoms with E-state index in [2.05, 4.69) is 10.1 Å². The second kappa shape index (κ2) is 7.64. The highest BCUT2D eigenvalue weighted by Gasteiger charge is 2.22. The van der Waals surface area contributed by atoms with E-state index in [1.807, 2.05) is 6.92 Å². The molecule has 0 heterocycles. The molecule has 0 aliphatic rings. The molecule has 0 radical (unpaired) electrons. The van der Waals surface area contributed by atoms with Gasteiger partial charge in [0.25, 0.3) is 5.91 Å². The zero-order chi connectivity index (χ0) is 16.0. The van der Waals surface area contributed by atoms with Crippen LogP contribution < -0.4 is 5.32 Å². The zero-order valence-corrected chi connectivity index (χ0v) is 12.4. The molecule has 1 amide bonds. The summed E-state index contributed by atoms with van der Waals surface area (Å²) in [5.74, 6) is -2.36. The number of aliphatic carboxylic acids is 1. The molecule has 6 nitrogen and oxygen atoms in total. The fourth-order valence-corrected chi connectivity index (χ4v) is 1.98. The van der Waals surface area contributed by atoms with Crippen molar-refractivity contribution in [3.8, 4) is 0 Å². The number of ether oxygens (including phenoxy) is 1. The van der Waals surface area contributed by atoms with Gasteiger partial charge in [0.2, 0.25) is 0 Å². The maximum Gasteiger partial charge on any atom is 0.326 e. The average Bonchev–Trinajstić information content (AvgIpc) is 2.42. The van der Waals surface area contributed by atoms with Crippen LogP contribution in [0.4, 0.5) is 0 Å². The summed E-state index contributed by atoms with van der Waals surface area (Å²) in [7, 11) is 1.21. The number of carbonyl (C=O) groups excluding carboxylic acids is 2. The minimum absolute atomic E-state index is 0.0583. The largest absolute Gasteiger partial charge is 0.480 e. The van der Waals surface area contributed by atoms with Crippen LogP contribution in [0, 0.1) is 6.92 Å². The van der Waals surface area contributed by atoms with Gasteiger partial charge in [0.15, 0.2) is 0 Å². The SMILES string of the molecule is COC(=O)CC[C@H](NC(=O)c1ccc(C)cc1Cl)C(=O)O. The smallest absolute Gasteiger partial charge is 0.326 e. The predicted octanol–water partition coefficient (Wildman–Crippen LogP) is 1.78. The number of carboxylic acid groups (broad SMARTS) is 1. The number of rotatable bonds is 6. The van der Waals surface area contributed by atoms with Crippen LogP contribution in [-0.2, 0) is 14.3 Å². The van der Waals surface area contributed by atoms with Crippen molar-refractivity contribution < 1.29 is 24.2 Å². The minimum Gasteiger partial charge on any atom is -0.480 e. The summed E-state index contributed by atoms with van der Waals surface area (Å²) < 4.78 is 4.44. The van der Waals surface area contributed by atoms with E-state index in [1.54, 1.807) is 12.1 Å². The number of methoxy groups -OCH3 is 1. The van der Waals surface area contributed by atoms with E-state index in [9.17, 15) is 14.4 Å². The molecular formula is C14H16ClNO5. The number of carbonyl (C=O) groups is 3. The molecular weight excluding hydrogens is 298 g/mol. The lowest BCUT2D eigenvalue weighted by Crippen LogP contribution is -2.41. The van der Waals surface area contributed by atoms with Gasteiger partial charge in [0, 0.05) is 6.42 Å². The summed E-state index contributed by atoms with van der Waals surface area (Å²) in [5, 5.41) is 11.7. The van der Waals surface area contributed by atoms with Crippen molar-refractivity contribution in [3.63, 3.8) is 0 Å². The number of nitrogens with one attached hydrogen (secondary N) is 1. The molecule has 1 rings (SSSR count). The highest BCUT2D eigenvalue weighted by Crippen LogP contribution is 2.17. The van der Waals surface area contributed by atoms with Crippen molar-refractivity contribution >= 4 is 29.4 Å². The number of carboxylic acids is 1. The summed E-state index contributed by atoms with van der Waals surface area (Å²) in [5.41, 5.74) is 1.07. The van der Waals surface area contributed by atoms with Crippen LogP contribution in [0.3, 0.4) is 0 Å². The fourth-order valence-electron chi connectivity index (χ4n) is 1.66. The van der Waals surface area contributed by atoms with Crippen LogP contribution >= 0.6 is 11.6 Å². The Bertz CT molecular complexity index is 558. The Kier molecular flexibility index (Phi) is 6.17. The lowest BCUT2D eigenvalue weighted by atomic mass is 10.1. The molecule has 0 aliphatic carbocycles. The predicted molar refractivity (Wildman–Crippen MR) is 76.3 cm³/mol. The Morgan fingerprint density at radius 2 is 2.05 bits per heavy atom. The Balaban J connectivity index is 2.76. The quantitative estimate of drug-likeness (QED) is 0.781. The summed E-state index contributed by atoms with van der Waals surface area (Å²) >= 11 is 5.96. The molecule has 1 aromatic carbocycles. The number of amides is 1. The highest BCUT2D eigenvalue weighted by atomic mass is 35.5. The van der Waals surface area contributed by atoms with E-state index >= 15 is 0 Å². The normalized spacial score (nSPS) is 11.6. The molecule has 0 saturated heterocycles. The van der Waals surface area contributed by atoms with E-state index in [0.717, 1.165) is 5.56 Å². The number of halogens is 1. The number of aryl methyl sites for hydroxylation is 1. The second-order valence-electron chi connectivity index (χ2n) is 4.46. The molecule has 2 N–H and O–H groups in total. The summed E-state index contributed by atoms with van der Waals surface area (Å²) in [6.07, 6.45) is -0.160. The number of hydrogen-bond acceptors (Lipinski definition) is 4. The van der Waals surface area contributed by atoms with Gasteiger partial charge in [-0.2, -0.15) is 0 Å². The van der Waals surface area contributed by atoms with Crippen LogP contribution in [0.5, 0.6) is 0 Å². The third-order valence-corrected chi connectivity index (χ3v) is 3.15. The van der Waals surface area contributed by atoms with Crippen LogP contribution in [0.15, 0.2) is 18.2 Å². The van der Waals surface area contributed by atoms with E-state index < -0.39 is 23.9 Å². The third-order valence-electron chi connectivity index (χ3n) is 2.84. The van der Waals surface area contributed by atoms with Gasteiger partial charge in [-0.1, -0.05) is 17.7 Å². The summed E-state index contributed by atoms with van der Waals surface area (Å²) in [4.78, 5) is 34.2. The van der Waals surface area contributed by atoms with Gasteiger partial charge in [-0.25, -0.2) is 4.79 Å². The van der Waals surface area contributed by atoms with Crippen molar-refractivity contribution in [2.75, 3.05) is 7.11 Å². The molecule has 0 spiro atoms. The average molecular weight is 314 g/mol. The second-order valence-corrected chi connectivity index (χ2v) is 4.87. The van der Waals surface area contributed by atoms with Crippen LogP contribution in [0.1, 0.15) is 28.8 Å². The third kappa shape index (κ3) is 5.07. The minimum atomic E-state index is -1.23. The standard InChI is InChI=1S/C14H16ClNO5/c1-8-3-4-9(10(15)7-8)13(18)16-11(14(19)20)5-6-12(17)21-2/h3-4,7,11H,5-6H2,1-2H3,(H,16,18)(H,19,20)/t11-/m0/s1. The van der Waals surface area contributed by atoms with E-state index in [4.69, 9.17) is 16.7 Å². The molecule has 0 fully saturated rings. The van der Waals surface area contributed by atoms with Gasteiger partial charge in [-0.3, -0.25) is 9.59 Å². The first kappa shape index (κ1) is 17.0. The fraction of sp³-hybridized carbons (Fsp3) is 0.357. The first-order valence-corrected chi connectivity index (χ1v) is 6.59. The van der Waals surface area contributed by atoms with Gasteiger partial charge in [0.1, 0.15) is 6.04 Å². The van der Waals surface area contributed by atoms with Gasteiger partial charge >= 0.3 is 11.9 Å². The molecule has 0 saturated carbocycles. The van der Waals surface area contributed by atoms with Gasteiger partial charge < -0.3 is 15.2 Å². The lowest BCUT2D eigenvalue weighted by molar-refractivity contribution is -0.142. The molecule has 0 unspecified atom stereocenters. The highest BCUT2D eigenvalue weighted by molar-refractivity contribution is 6.33. The Morgan fingerprint density at radius 3 is 2.57 bits per heavy atom. The number of benzene rings is 1. The zero-order valence-electron chi connectivity index (χ0n) is 11.7. The van der Waals surface area contributed by atoms with Crippen molar-refractivity contribution in [1.29, 1.82) is 0 Å². The maximum absolute atomic E-state index is 12.0. The van der Waals surface area contributed by atoms with E-state index in [1.165, 1.54) is 13.2 Å². The van der Waals surface area contributed by atoms with Crippen LogP contribution in [0.25, 0.3) is 0 Å². The first-order valence-electron chi connectivity index (χ1n) is 6.21. The molecule has 0 aliphatic heterocycles. The van der Waals surface area contributed by atoms with Gasteiger partial charge in [0.05, 0.1) is 17.7 Å². The summed E-state index contributed by atoms with van der Waals surface area (Å²) in [6.45, 7) is 1.82. The molecule has 21 heavy (non-hydrogen) atoms. The van der Waals surface area contributed by atoms with Crippen LogP contribution in [-0.4, -0.2) is 36.1 Å². The molecule has 1 aromatic rings. The monoisotopic (exact) mass is 313 g/mol. The van der Waals surface area contributed by atoms with Gasteiger partial charge in [-0.05, 0) is 31.0 Å². The Labute approximate surface area is 127 Å². The number of esters is 1. The molecule has 0 bridgehead atoms. The van der Waals surface area contributed by atoms with E-state index in [0.29, 0.717) is 0 Å². The Hall–Kier alpha value is -2.08. The van der Waals surface area contributed by atoms with Gasteiger partial charge in [-0.15, -0.1) is 0 Å². The molecule has 0 aromatic heterocycles. The van der Waals surface area contributed by atoms with Crippen molar-refractivity contribution in [2.45, 2.75) is 25.8 Å². The lowest BCUT2D eigenvalue weighted by Gasteiger charge is -2.14. The van der Waals surface area contributed by atoms with Crippen molar-refractivity contribution in [1.82, 2.24) is 5.32 Å². The molecule has 1 atom stereocenters. The topological polar surface area (TPSA) is 92.7 Å². The van der Waals surface area contributed by atoms with Crippen molar-refractivity contribution in [3.05, 3.63) is 34.3 Å². The Morgan fingerprint density at radius 1 is 1.38 bits per heavy atom. The number of hydrogen-bond donors (Lipinski definition) is 2. The summed E-state index contributed by atoms with van der Waals surface area (Å²) in [6, 6.07) is 3.65. The maximum atomic E-state index is 12.0.